The first-order valence-electron chi connectivity index (χ1n) is 7.18. The van der Waals surface area contributed by atoms with E-state index >= 15 is 0 Å². The van der Waals surface area contributed by atoms with Crippen molar-refractivity contribution in [3.8, 4) is 0 Å². The van der Waals surface area contributed by atoms with Crippen molar-refractivity contribution in [3.63, 3.8) is 0 Å². The van der Waals surface area contributed by atoms with Crippen LogP contribution in [0.2, 0.25) is 0 Å². The first kappa shape index (κ1) is 15.2. The van der Waals surface area contributed by atoms with Crippen molar-refractivity contribution in [2.75, 3.05) is 19.8 Å². The fraction of sp³-hybridized carbons (Fsp3) is 0.400. The molecule has 118 valence electrons. The van der Waals surface area contributed by atoms with E-state index in [1.165, 1.54) is 4.31 Å². The maximum Gasteiger partial charge on any atom is 0.243 e. The van der Waals surface area contributed by atoms with Gasteiger partial charge in [0.1, 0.15) is 0 Å². The summed E-state index contributed by atoms with van der Waals surface area (Å²) in [5.41, 5.74) is 2.58. The monoisotopic (exact) mass is 321 g/mol. The Labute approximate surface area is 130 Å². The molecule has 0 saturated carbocycles. The lowest BCUT2D eigenvalue weighted by atomic mass is 10.1. The molecule has 2 aromatic rings. The van der Waals surface area contributed by atoms with Gasteiger partial charge in [0, 0.05) is 17.8 Å². The third-order valence-corrected chi connectivity index (χ3v) is 5.87. The summed E-state index contributed by atoms with van der Waals surface area (Å²) in [4.78, 5) is 0.306. The zero-order chi connectivity index (χ0) is 15.7. The zero-order valence-electron chi connectivity index (χ0n) is 12.6. The highest BCUT2D eigenvalue weighted by molar-refractivity contribution is 7.89. The predicted molar refractivity (Wildman–Crippen MR) is 82.0 cm³/mol. The molecule has 0 radical (unpaired) electrons. The molecule has 1 aliphatic rings. The number of H-pyrrole nitrogens is 1. The average Bonchev–Trinajstić information content (AvgIpc) is 2.87. The van der Waals surface area contributed by atoms with Crippen LogP contribution >= 0.6 is 0 Å². The van der Waals surface area contributed by atoms with Crippen LogP contribution in [0, 0.1) is 13.8 Å². The highest BCUT2D eigenvalue weighted by Crippen LogP contribution is 2.32. The van der Waals surface area contributed by atoms with E-state index in [0.717, 1.165) is 17.0 Å². The molecule has 22 heavy (non-hydrogen) atoms. The molecule has 1 aliphatic heterocycles. The second kappa shape index (κ2) is 5.83. The molecule has 1 atom stereocenters. The van der Waals surface area contributed by atoms with E-state index in [1.807, 2.05) is 13.8 Å². The maximum atomic E-state index is 13.0. The van der Waals surface area contributed by atoms with Gasteiger partial charge in [-0.05, 0) is 26.0 Å². The Morgan fingerprint density at radius 3 is 2.64 bits per heavy atom. The van der Waals surface area contributed by atoms with Gasteiger partial charge < -0.3 is 4.74 Å². The Kier molecular flexibility index (Phi) is 4.03. The number of hydrogen-bond acceptors (Lipinski definition) is 4. The van der Waals surface area contributed by atoms with E-state index in [1.54, 1.807) is 30.3 Å². The van der Waals surface area contributed by atoms with Crippen molar-refractivity contribution in [2.24, 2.45) is 0 Å². The van der Waals surface area contributed by atoms with Gasteiger partial charge >= 0.3 is 0 Å². The van der Waals surface area contributed by atoms with Gasteiger partial charge in [-0.1, -0.05) is 18.2 Å². The number of nitrogens with one attached hydrogen (secondary N) is 1. The summed E-state index contributed by atoms with van der Waals surface area (Å²) in [6.45, 7) is 4.86. The molecule has 0 aliphatic carbocycles. The van der Waals surface area contributed by atoms with Crippen LogP contribution in [0.1, 0.15) is 23.0 Å². The Balaban J connectivity index is 2.04. The zero-order valence-corrected chi connectivity index (χ0v) is 13.4. The second-order valence-electron chi connectivity index (χ2n) is 5.37. The minimum Gasteiger partial charge on any atom is -0.378 e. The first-order chi connectivity index (χ1) is 10.5. The largest absolute Gasteiger partial charge is 0.378 e. The minimum atomic E-state index is -3.56. The van der Waals surface area contributed by atoms with Gasteiger partial charge in [-0.3, -0.25) is 5.10 Å². The van der Waals surface area contributed by atoms with Crippen LogP contribution in [0.15, 0.2) is 35.2 Å². The Bertz CT molecular complexity index is 736. The number of nitrogens with zero attached hydrogens (tertiary/aromatic N) is 2. The van der Waals surface area contributed by atoms with Crippen LogP contribution in [-0.2, 0) is 14.8 Å². The molecule has 6 nitrogen and oxygen atoms in total. The Hall–Kier alpha value is -1.70. The third-order valence-electron chi connectivity index (χ3n) is 3.95. The Morgan fingerprint density at radius 2 is 2.00 bits per heavy atom. The molecule has 0 unspecified atom stereocenters. The summed E-state index contributed by atoms with van der Waals surface area (Å²) in [7, 11) is -3.56. The minimum absolute atomic E-state index is 0.306. The number of ether oxygens (including phenoxy) is 1. The van der Waals surface area contributed by atoms with Gasteiger partial charge in [0.2, 0.25) is 10.0 Å². The number of aryl methyl sites for hydroxylation is 2. The lowest BCUT2D eigenvalue weighted by molar-refractivity contribution is 0.0316. The van der Waals surface area contributed by atoms with Crippen molar-refractivity contribution in [1.29, 1.82) is 0 Å². The molecular weight excluding hydrogens is 302 g/mol. The molecule has 7 heteroatoms. The molecule has 1 aromatic heterocycles. The third kappa shape index (κ3) is 2.55. The van der Waals surface area contributed by atoms with Crippen LogP contribution in [0.4, 0.5) is 0 Å². The van der Waals surface area contributed by atoms with Crippen LogP contribution in [0.3, 0.4) is 0 Å². The van der Waals surface area contributed by atoms with Crippen molar-refractivity contribution < 1.29 is 13.2 Å². The molecule has 0 spiro atoms. The number of aromatic nitrogens is 2. The summed E-state index contributed by atoms with van der Waals surface area (Å²) in [5, 5.41) is 7.10. The molecule has 1 N–H and O–H groups in total. The fourth-order valence-electron chi connectivity index (χ4n) is 2.88. The molecular formula is C15H19N3O3S. The van der Waals surface area contributed by atoms with Crippen LogP contribution in [0.25, 0.3) is 0 Å². The molecule has 2 heterocycles. The van der Waals surface area contributed by atoms with Crippen molar-refractivity contribution in [1.82, 2.24) is 14.5 Å². The Morgan fingerprint density at radius 1 is 1.27 bits per heavy atom. The summed E-state index contributed by atoms with van der Waals surface area (Å²) >= 11 is 0. The summed E-state index contributed by atoms with van der Waals surface area (Å²) < 4.78 is 33.0. The molecule has 1 aromatic carbocycles. The number of rotatable bonds is 3. The SMILES string of the molecule is Cc1n[nH]c(C)c1[C@H]1COCCN1S(=O)(=O)c1ccccc1. The number of benzene rings is 1. The molecule has 3 rings (SSSR count). The van der Waals surface area contributed by atoms with E-state index in [4.69, 9.17) is 4.74 Å². The standard InChI is InChI=1S/C15H19N3O3S/c1-11-15(12(2)17-16-11)14-10-21-9-8-18(14)22(19,20)13-6-4-3-5-7-13/h3-7,14H,8-10H2,1-2H3,(H,16,17)/t14-/m1/s1. The summed E-state index contributed by atoms with van der Waals surface area (Å²) in [6.07, 6.45) is 0. The van der Waals surface area contributed by atoms with E-state index in [0.29, 0.717) is 24.7 Å². The van der Waals surface area contributed by atoms with Gasteiger partial charge in [-0.15, -0.1) is 0 Å². The van der Waals surface area contributed by atoms with Gasteiger partial charge in [0.25, 0.3) is 0 Å². The highest BCUT2D eigenvalue weighted by atomic mass is 32.2. The van der Waals surface area contributed by atoms with Gasteiger partial charge in [-0.25, -0.2) is 8.42 Å². The molecule has 0 amide bonds. The first-order valence-corrected chi connectivity index (χ1v) is 8.62. The van der Waals surface area contributed by atoms with Crippen LogP contribution in [0.5, 0.6) is 0 Å². The maximum absolute atomic E-state index is 13.0. The number of morpholine rings is 1. The summed E-state index contributed by atoms with van der Waals surface area (Å²) in [6, 6.07) is 8.17. The van der Waals surface area contributed by atoms with E-state index < -0.39 is 10.0 Å². The fourth-order valence-corrected chi connectivity index (χ4v) is 4.47. The van der Waals surface area contributed by atoms with Gasteiger partial charge in [0.15, 0.2) is 0 Å². The normalized spacial score (nSPS) is 20.2. The summed E-state index contributed by atoms with van der Waals surface area (Å²) in [5.74, 6) is 0. The molecule has 1 fully saturated rings. The van der Waals surface area contributed by atoms with Crippen molar-refractivity contribution in [3.05, 3.63) is 47.3 Å². The quantitative estimate of drug-likeness (QED) is 0.935. The topological polar surface area (TPSA) is 75.3 Å². The lowest BCUT2D eigenvalue weighted by Crippen LogP contribution is -2.43. The average molecular weight is 321 g/mol. The molecule has 1 saturated heterocycles. The lowest BCUT2D eigenvalue weighted by Gasteiger charge is -2.34. The van der Waals surface area contributed by atoms with E-state index in [9.17, 15) is 8.42 Å². The number of aromatic amines is 1. The predicted octanol–water partition coefficient (Wildman–Crippen LogP) is 1.79. The van der Waals surface area contributed by atoms with Crippen LogP contribution < -0.4 is 0 Å². The second-order valence-corrected chi connectivity index (χ2v) is 7.26. The highest BCUT2D eigenvalue weighted by Gasteiger charge is 2.37. The molecule has 0 bridgehead atoms. The van der Waals surface area contributed by atoms with Crippen LogP contribution in [-0.4, -0.2) is 42.7 Å². The van der Waals surface area contributed by atoms with Gasteiger partial charge in [-0.2, -0.15) is 9.40 Å². The van der Waals surface area contributed by atoms with E-state index in [-0.39, 0.29) is 6.04 Å². The van der Waals surface area contributed by atoms with Gasteiger partial charge in [0.05, 0.1) is 29.8 Å². The number of sulfonamides is 1. The smallest absolute Gasteiger partial charge is 0.243 e. The van der Waals surface area contributed by atoms with Crippen molar-refractivity contribution >= 4 is 10.0 Å². The van der Waals surface area contributed by atoms with Crippen molar-refractivity contribution in [2.45, 2.75) is 24.8 Å². The number of hydrogen-bond donors (Lipinski definition) is 1. The van der Waals surface area contributed by atoms with E-state index in [2.05, 4.69) is 10.2 Å².